The van der Waals surface area contributed by atoms with E-state index in [0.29, 0.717) is 12.2 Å². The SMILES string of the molecule is C1CCC(OC2CCCCC2)CC1.CCC[CH2][Sn][CH3]. The van der Waals surface area contributed by atoms with E-state index in [1.54, 1.807) is 4.44 Å². The molecule has 2 radical (unpaired) electrons. The van der Waals surface area contributed by atoms with Crippen LogP contribution in [0.25, 0.3) is 0 Å². The van der Waals surface area contributed by atoms with Gasteiger partial charge in [-0.3, -0.25) is 0 Å². The molecule has 0 N–H and O–H groups in total. The van der Waals surface area contributed by atoms with Gasteiger partial charge in [-0.1, -0.05) is 38.5 Å². The van der Waals surface area contributed by atoms with Crippen LogP contribution in [0.5, 0.6) is 0 Å². The molecule has 112 valence electrons. The van der Waals surface area contributed by atoms with Gasteiger partial charge in [-0.2, -0.15) is 0 Å². The quantitative estimate of drug-likeness (QED) is 0.449. The van der Waals surface area contributed by atoms with Crippen molar-refractivity contribution in [1.29, 1.82) is 0 Å². The first kappa shape index (κ1) is 17.8. The second kappa shape index (κ2) is 12.5. The summed E-state index contributed by atoms with van der Waals surface area (Å²) in [5.74, 6) is 0. The molecule has 0 aromatic rings. The van der Waals surface area contributed by atoms with E-state index < -0.39 is 0 Å². The Balaban J connectivity index is 0.000000258. The van der Waals surface area contributed by atoms with Crippen molar-refractivity contribution in [3.05, 3.63) is 0 Å². The van der Waals surface area contributed by atoms with Gasteiger partial charge in [-0.15, -0.1) is 0 Å². The van der Waals surface area contributed by atoms with Gasteiger partial charge in [0.05, 0.1) is 12.2 Å². The summed E-state index contributed by atoms with van der Waals surface area (Å²) >= 11 is 0.190. The molecular weight excluding hydrogens is 339 g/mol. The summed E-state index contributed by atoms with van der Waals surface area (Å²) in [7, 11) is 0. The fourth-order valence-corrected chi connectivity index (χ4v) is 5.05. The number of unbranched alkanes of at least 4 members (excludes halogenated alkanes) is 1. The Morgan fingerprint density at radius 3 is 1.63 bits per heavy atom. The van der Waals surface area contributed by atoms with Crippen LogP contribution in [-0.4, -0.2) is 33.4 Å². The van der Waals surface area contributed by atoms with Gasteiger partial charge in [0, 0.05) is 0 Å². The number of rotatable bonds is 5. The molecular formula is C17H34OSn. The first-order chi connectivity index (χ1) is 9.36. The van der Waals surface area contributed by atoms with Gasteiger partial charge in [-0.05, 0) is 25.7 Å². The molecule has 1 nitrogen and oxygen atoms in total. The molecule has 0 aliphatic heterocycles. The first-order valence-electron chi connectivity index (χ1n) is 8.67. The monoisotopic (exact) mass is 374 g/mol. The normalized spacial score (nSPS) is 21.8. The summed E-state index contributed by atoms with van der Waals surface area (Å²) in [6.45, 7) is 2.26. The Labute approximate surface area is 131 Å². The van der Waals surface area contributed by atoms with E-state index in [1.165, 1.54) is 77.0 Å². The van der Waals surface area contributed by atoms with Gasteiger partial charge in [-0.25, -0.2) is 0 Å². The van der Waals surface area contributed by atoms with Crippen LogP contribution in [0.15, 0.2) is 0 Å². The molecule has 0 heterocycles. The molecule has 2 aliphatic carbocycles. The van der Waals surface area contributed by atoms with E-state index in [1.807, 2.05) is 0 Å². The molecule has 2 rings (SSSR count). The summed E-state index contributed by atoms with van der Waals surface area (Å²) in [4.78, 5) is 2.40. The van der Waals surface area contributed by atoms with Crippen molar-refractivity contribution in [3.63, 3.8) is 0 Å². The van der Waals surface area contributed by atoms with Crippen LogP contribution < -0.4 is 0 Å². The zero-order chi connectivity index (χ0) is 13.8. The van der Waals surface area contributed by atoms with E-state index >= 15 is 0 Å². The predicted octanol–water partition coefficient (Wildman–Crippen LogP) is 5.63. The maximum absolute atomic E-state index is 6.13. The molecule has 2 heteroatoms. The van der Waals surface area contributed by atoms with Crippen LogP contribution in [0.3, 0.4) is 0 Å². The van der Waals surface area contributed by atoms with Crippen molar-refractivity contribution in [1.82, 2.24) is 0 Å². The topological polar surface area (TPSA) is 9.23 Å². The summed E-state index contributed by atoms with van der Waals surface area (Å²) in [6.07, 6.45) is 17.9. The molecule has 2 aliphatic rings. The number of hydrogen-bond acceptors (Lipinski definition) is 1. The molecule has 19 heavy (non-hydrogen) atoms. The van der Waals surface area contributed by atoms with Crippen LogP contribution in [0.2, 0.25) is 9.38 Å². The van der Waals surface area contributed by atoms with Crippen molar-refractivity contribution in [2.45, 2.75) is 106 Å². The van der Waals surface area contributed by atoms with Crippen molar-refractivity contribution in [3.8, 4) is 0 Å². The summed E-state index contributed by atoms with van der Waals surface area (Å²) < 4.78 is 7.72. The van der Waals surface area contributed by atoms with Crippen LogP contribution >= 0.6 is 0 Å². The number of ether oxygens (including phenoxy) is 1. The van der Waals surface area contributed by atoms with Crippen molar-refractivity contribution < 1.29 is 4.74 Å². The van der Waals surface area contributed by atoms with E-state index in [4.69, 9.17) is 4.74 Å². The van der Waals surface area contributed by atoms with E-state index in [-0.39, 0.29) is 21.1 Å². The Kier molecular flexibility index (Phi) is 11.7. The summed E-state index contributed by atoms with van der Waals surface area (Å²) in [5, 5.41) is 0. The first-order valence-corrected chi connectivity index (χ1v) is 13.5. The average molecular weight is 373 g/mol. The Morgan fingerprint density at radius 2 is 1.32 bits per heavy atom. The standard InChI is InChI=1S/C12H22O.C4H9.CH3.Sn/c1-3-7-11(8-4-1)13-12-9-5-2-6-10-12;1-3-4-2;;/h11-12H,1-10H2;1,3-4H2,2H3;1H3;. The summed E-state index contributed by atoms with van der Waals surface area (Å²) in [6, 6.07) is 0. The molecule has 0 aromatic carbocycles. The number of hydrogen-bond donors (Lipinski definition) is 0. The van der Waals surface area contributed by atoms with Gasteiger partial charge >= 0.3 is 50.3 Å². The van der Waals surface area contributed by atoms with Gasteiger partial charge < -0.3 is 4.74 Å². The van der Waals surface area contributed by atoms with E-state index in [0.717, 1.165) is 0 Å². The molecule has 2 fully saturated rings. The van der Waals surface area contributed by atoms with E-state index in [2.05, 4.69) is 11.9 Å². The van der Waals surface area contributed by atoms with Crippen LogP contribution in [0.4, 0.5) is 0 Å². The van der Waals surface area contributed by atoms with Gasteiger partial charge in [0.25, 0.3) is 0 Å². The fraction of sp³-hybridized carbons (Fsp3) is 1.00. The second-order valence-electron chi connectivity index (χ2n) is 6.11. The third kappa shape index (κ3) is 9.33. The van der Waals surface area contributed by atoms with Crippen LogP contribution in [0.1, 0.15) is 84.0 Å². The molecule has 0 saturated heterocycles. The molecule has 0 bridgehead atoms. The van der Waals surface area contributed by atoms with Gasteiger partial charge in [0.15, 0.2) is 0 Å². The zero-order valence-electron chi connectivity index (χ0n) is 13.3. The molecule has 0 unspecified atom stereocenters. The fourth-order valence-electron chi connectivity index (χ4n) is 3.03. The Bertz CT molecular complexity index is 164. The molecule has 0 spiro atoms. The maximum atomic E-state index is 6.13. The van der Waals surface area contributed by atoms with Crippen LogP contribution in [0, 0.1) is 0 Å². The minimum absolute atomic E-state index is 0.190. The zero-order valence-corrected chi connectivity index (χ0v) is 16.1. The Hall–Kier alpha value is 0.759. The average Bonchev–Trinajstić information content (AvgIpc) is 2.48. The Morgan fingerprint density at radius 1 is 0.842 bits per heavy atom. The van der Waals surface area contributed by atoms with Crippen molar-refractivity contribution in [2.75, 3.05) is 0 Å². The van der Waals surface area contributed by atoms with Gasteiger partial charge in [0.2, 0.25) is 0 Å². The molecule has 2 saturated carbocycles. The molecule has 0 aromatic heterocycles. The minimum atomic E-state index is 0.190. The molecule has 0 amide bonds. The van der Waals surface area contributed by atoms with Crippen molar-refractivity contribution in [2.24, 2.45) is 0 Å². The predicted molar refractivity (Wildman–Crippen MR) is 86.2 cm³/mol. The third-order valence-electron chi connectivity index (χ3n) is 4.27. The summed E-state index contributed by atoms with van der Waals surface area (Å²) in [5.41, 5.74) is 0. The third-order valence-corrected chi connectivity index (χ3v) is 6.71. The van der Waals surface area contributed by atoms with E-state index in [9.17, 15) is 0 Å². The van der Waals surface area contributed by atoms with Crippen molar-refractivity contribution >= 4 is 21.1 Å². The second-order valence-corrected chi connectivity index (χ2v) is 9.56. The van der Waals surface area contributed by atoms with Crippen LogP contribution in [-0.2, 0) is 4.74 Å². The molecule has 0 atom stereocenters. The van der Waals surface area contributed by atoms with Gasteiger partial charge in [0.1, 0.15) is 0 Å².